The molecule has 5 rings (SSSR count). The number of amides is 1. The van der Waals surface area contributed by atoms with Crippen molar-refractivity contribution >= 4 is 23.0 Å². The van der Waals surface area contributed by atoms with Gasteiger partial charge in [-0.3, -0.25) is 9.59 Å². The van der Waals surface area contributed by atoms with Crippen molar-refractivity contribution < 1.29 is 19.0 Å². The second-order valence-corrected chi connectivity index (χ2v) is 9.82. The molecule has 0 spiro atoms. The van der Waals surface area contributed by atoms with Crippen LogP contribution in [0.15, 0.2) is 47.7 Å². The van der Waals surface area contributed by atoms with Crippen LogP contribution in [0.5, 0.6) is 5.75 Å². The predicted molar refractivity (Wildman–Crippen MR) is 128 cm³/mol. The molecule has 1 aliphatic rings. The third-order valence-electron chi connectivity index (χ3n) is 5.85. The zero-order valence-corrected chi connectivity index (χ0v) is 20.0. The molecule has 0 bridgehead atoms. The Kier molecular flexibility index (Phi) is 6.12. The third-order valence-corrected chi connectivity index (χ3v) is 6.86. The number of hydrogen-bond donors (Lipinski definition) is 1. The molecule has 9 nitrogen and oxygen atoms in total. The molecular formula is C24H24FN5O4S. The van der Waals surface area contributed by atoms with Crippen molar-refractivity contribution in [1.29, 1.82) is 0 Å². The first-order valence-corrected chi connectivity index (χ1v) is 12.0. The highest BCUT2D eigenvalue weighted by molar-refractivity contribution is 7.15. The first-order chi connectivity index (χ1) is 16.8. The average Bonchev–Trinajstić information content (AvgIpc) is 3.44. The van der Waals surface area contributed by atoms with E-state index in [-0.39, 0.29) is 41.9 Å². The van der Waals surface area contributed by atoms with Crippen LogP contribution in [0.4, 0.5) is 4.39 Å². The maximum atomic E-state index is 13.2. The molecule has 1 N–H and O–H groups in total. The Morgan fingerprint density at radius 3 is 2.63 bits per heavy atom. The highest BCUT2D eigenvalue weighted by atomic mass is 32.1. The number of carbonyl (C=O) groups is 1. The van der Waals surface area contributed by atoms with Crippen LogP contribution in [0.25, 0.3) is 16.5 Å². The molecule has 2 atom stereocenters. The number of fused-ring (bicyclic) bond motifs is 1. The topological polar surface area (TPSA) is 102 Å². The Morgan fingerprint density at radius 2 is 1.91 bits per heavy atom. The van der Waals surface area contributed by atoms with Crippen LogP contribution in [0.1, 0.15) is 24.3 Å². The molecule has 2 unspecified atom stereocenters. The summed E-state index contributed by atoms with van der Waals surface area (Å²) in [4.78, 5) is 37.3. The summed E-state index contributed by atoms with van der Waals surface area (Å²) in [6, 6.07) is 6.19. The zero-order chi connectivity index (χ0) is 24.7. The molecule has 0 saturated carbocycles. The molecule has 1 fully saturated rings. The minimum Gasteiger partial charge on any atom is -0.501 e. The van der Waals surface area contributed by atoms with Crippen LogP contribution >= 0.6 is 11.3 Å². The Balaban J connectivity index is 1.43. The Labute approximate surface area is 204 Å². The minimum atomic E-state index is -0.639. The van der Waals surface area contributed by atoms with E-state index in [2.05, 4.69) is 9.97 Å². The molecule has 1 amide bonds. The zero-order valence-electron chi connectivity index (χ0n) is 19.2. The molecule has 0 aliphatic carbocycles. The van der Waals surface area contributed by atoms with E-state index in [1.165, 1.54) is 34.1 Å². The van der Waals surface area contributed by atoms with E-state index in [0.29, 0.717) is 24.5 Å². The van der Waals surface area contributed by atoms with Gasteiger partial charge in [-0.1, -0.05) is 12.1 Å². The minimum absolute atomic E-state index is 0.000279. The number of morpholine rings is 1. The first kappa shape index (κ1) is 23.2. The van der Waals surface area contributed by atoms with E-state index in [1.807, 2.05) is 13.8 Å². The number of thiazole rings is 1. The van der Waals surface area contributed by atoms with Crippen molar-refractivity contribution in [3.8, 4) is 16.5 Å². The van der Waals surface area contributed by atoms with E-state index < -0.39 is 11.3 Å². The second-order valence-electron chi connectivity index (χ2n) is 8.70. The summed E-state index contributed by atoms with van der Waals surface area (Å²) in [7, 11) is 0. The molecule has 3 aromatic heterocycles. The van der Waals surface area contributed by atoms with Crippen LogP contribution in [0, 0.1) is 5.82 Å². The molecule has 1 aromatic carbocycles. The fraction of sp³-hybridized carbons (Fsp3) is 0.333. The van der Waals surface area contributed by atoms with E-state index in [9.17, 15) is 19.1 Å². The van der Waals surface area contributed by atoms with Gasteiger partial charge in [0.05, 0.1) is 12.2 Å². The summed E-state index contributed by atoms with van der Waals surface area (Å²) in [5.74, 6) is -0.684. The van der Waals surface area contributed by atoms with Gasteiger partial charge in [0.1, 0.15) is 17.4 Å². The summed E-state index contributed by atoms with van der Waals surface area (Å²) in [5.41, 5.74) is 0.333. The summed E-state index contributed by atoms with van der Waals surface area (Å²) in [5, 5.41) is 10.9. The summed E-state index contributed by atoms with van der Waals surface area (Å²) < 4.78 is 21.7. The first-order valence-electron chi connectivity index (χ1n) is 11.2. The highest BCUT2D eigenvalue weighted by Gasteiger charge is 2.27. The van der Waals surface area contributed by atoms with Gasteiger partial charge in [0.2, 0.25) is 17.4 Å². The molecule has 11 heteroatoms. The van der Waals surface area contributed by atoms with Crippen molar-refractivity contribution in [2.75, 3.05) is 13.1 Å². The quantitative estimate of drug-likeness (QED) is 0.455. The van der Waals surface area contributed by atoms with Crippen molar-refractivity contribution in [1.82, 2.24) is 23.8 Å². The number of benzene rings is 1. The average molecular weight is 498 g/mol. The number of hydrogen-bond acceptors (Lipinski definition) is 7. The second kappa shape index (κ2) is 9.23. The number of ether oxygens (including phenoxy) is 1. The van der Waals surface area contributed by atoms with Gasteiger partial charge in [0, 0.05) is 43.0 Å². The van der Waals surface area contributed by atoms with Gasteiger partial charge < -0.3 is 19.3 Å². The fourth-order valence-corrected chi connectivity index (χ4v) is 5.20. The number of imidazole rings is 1. The smallest absolute Gasteiger partial charge is 0.302 e. The van der Waals surface area contributed by atoms with Gasteiger partial charge >= 0.3 is 5.56 Å². The molecule has 1 saturated heterocycles. The van der Waals surface area contributed by atoms with Gasteiger partial charge in [-0.25, -0.2) is 18.8 Å². The van der Waals surface area contributed by atoms with Crippen LogP contribution in [0.3, 0.4) is 0 Å². The third kappa shape index (κ3) is 4.69. The Morgan fingerprint density at radius 1 is 1.20 bits per heavy atom. The number of aromatic hydroxyl groups is 1. The van der Waals surface area contributed by atoms with Gasteiger partial charge in [-0.2, -0.15) is 0 Å². The van der Waals surface area contributed by atoms with Gasteiger partial charge in [0.25, 0.3) is 0 Å². The van der Waals surface area contributed by atoms with Crippen LogP contribution < -0.4 is 5.56 Å². The molecule has 182 valence electrons. The van der Waals surface area contributed by atoms with Crippen LogP contribution in [0.2, 0.25) is 0 Å². The normalized spacial score (nSPS) is 18.3. The molecule has 4 heterocycles. The Hall–Kier alpha value is -3.57. The highest BCUT2D eigenvalue weighted by Crippen LogP contribution is 2.30. The van der Waals surface area contributed by atoms with E-state index in [4.69, 9.17) is 4.74 Å². The molecular weight excluding hydrogens is 473 g/mol. The van der Waals surface area contributed by atoms with Crippen LogP contribution in [-0.2, 0) is 22.5 Å². The standard InChI is InChI=1S/C24H24FN5O4S/c1-14-11-29(12-15(2)34-14)19(31)13-28-7-8-30-23(33)21(32)20(27-24(28)30)22-26-10-18(35-22)9-16-3-5-17(25)6-4-16/h3-8,10,14-15,32H,9,11-13H2,1-2H3. The van der Waals surface area contributed by atoms with Crippen molar-refractivity contribution in [3.05, 3.63) is 69.5 Å². The Bertz CT molecular complexity index is 1430. The molecule has 35 heavy (non-hydrogen) atoms. The van der Waals surface area contributed by atoms with Crippen molar-refractivity contribution in [2.24, 2.45) is 0 Å². The van der Waals surface area contributed by atoms with Gasteiger partial charge in [0.15, 0.2) is 5.69 Å². The SMILES string of the molecule is CC1CN(C(=O)Cn2ccn3c(=O)c(O)c(-c4ncc(Cc5ccc(F)cc5)s4)nc23)CC(C)O1. The lowest BCUT2D eigenvalue weighted by molar-refractivity contribution is -0.143. The number of halogens is 1. The van der Waals surface area contributed by atoms with Gasteiger partial charge in [-0.15, -0.1) is 11.3 Å². The number of nitrogens with zero attached hydrogens (tertiary/aromatic N) is 5. The maximum Gasteiger partial charge on any atom is 0.302 e. The lowest BCUT2D eigenvalue weighted by Gasteiger charge is -2.35. The summed E-state index contributed by atoms with van der Waals surface area (Å²) >= 11 is 1.29. The molecule has 1 aliphatic heterocycles. The maximum absolute atomic E-state index is 13.2. The van der Waals surface area contributed by atoms with Crippen molar-refractivity contribution in [3.63, 3.8) is 0 Å². The number of rotatable bonds is 5. The molecule has 4 aromatic rings. The summed E-state index contributed by atoms with van der Waals surface area (Å²) in [6.45, 7) is 4.85. The lowest BCUT2D eigenvalue weighted by Crippen LogP contribution is -2.49. The van der Waals surface area contributed by atoms with Crippen molar-refractivity contribution in [2.45, 2.75) is 39.0 Å². The monoisotopic (exact) mass is 497 g/mol. The molecule has 0 radical (unpaired) electrons. The van der Waals surface area contributed by atoms with E-state index in [0.717, 1.165) is 10.4 Å². The van der Waals surface area contributed by atoms with Gasteiger partial charge in [-0.05, 0) is 31.5 Å². The van der Waals surface area contributed by atoms with Crippen LogP contribution in [-0.4, -0.2) is 60.1 Å². The van der Waals surface area contributed by atoms with E-state index >= 15 is 0 Å². The summed E-state index contributed by atoms with van der Waals surface area (Å²) in [6.07, 6.45) is 5.15. The fourth-order valence-electron chi connectivity index (χ4n) is 4.27. The predicted octanol–water partition coefficient (Wildman–Crippen LogP) is 2.69. The number of aromatic nitrogens is 4. The number of carbonyl (C=O) groups excluding carboxylic acids is 1. The lowest BCUT2D eigenvalue weighted by atomic mass is 10.1. The largest absolute Gasteiger partial charge is 0.501 e. The van der Waals surface area contributed by atoms with E-state index in [1.54, 1.807) is 34.0 Å².